The summed E-state index contributed by atoms with van der Waals surface area (Å²) < 4.78 is 0. The molecule has 0 atom stereocenters. The van der Waals surface area contributed by atoms with Crippen LogP contribution in [0.15, 0.2) is 0 Å². The smallest absolute Gasteiger partial charge is 0.0928 e. The summed E-state index contributed by atoms with van der Waals surface area (Å²) in [6.07, 6.45) is 1.04. The first kappa shape index (κ1) is 8.08. The molecule has 1 heterocycles. The van der Waals surface area contributed by atoms with Crippen molar-refractivity contribution in [3.05, 3.63) is 15.6 Å². The number of rotatable bonds is 2. The van der Waals surface area contributed by atoms with Crippen LogP contribution in [0.2, 0.25) is 0 Å². The second-order valence-electron chi connectivity index (χ2n) is 2.13. The van der Waals surface area contributed by atoms with Crippen LogP contribution in [0.1, 0.15) is 22.5 Å². The van der Waals surface area contributed by atoms with Crippen molar-refractivity contribution >= 4 is 24.0 Å². The molecule has 0 aliphatic heterocycles. The Morgan fingerprint density at radius 3 is 2.60 bits per heavy atom. The van der Waals surface area contributed by atoms with Crippen LogP contribution in [0.4, 0.5) is 0 Å². The van der Waals surface area contributed by atoms with E-state index in [0.29, 0.717) is 0 Å². The molecular weight excluding hydrogens is 162 g/mol. The summed E-state index contributed by atoms with van der Waals surface area (Å²) in [7, 11) is 0. The summed E-state index contributed by atoms with van der Waals surface area (Å²) in [6, 6.07) is 0. The molecule has 3 heteroatoms. The number of hydrogen-bond donors (Lipinski definition) is 1. The molecule has 0 aliphatic rings. The van der Waals surface area contributed by atoms with E-state index in [2.05, 4.69) is 24.5 Å². The Balaban J connectivity index is 2.92. The van der Waals surface area contributed by atoms with Gasteiger partial charge in [0, 0.05) is 10.6 Å². The quantitative estimate of drug-likeness (QED) is 0.678. The summed E-state index contributed by atoms with van der Waals surface area (Å²) in [4.78, 5) is 5.68. The van der Waals surface area contributed by atoms with E-state index in [-0.39, 0.29) is 0 Å². The van der Waals surface area contributed by atoms with Gasteiger partial charge in [-0.15, -0.1) is 11.3 Å². The van der Waals surface area contributed by atoms with Gasteiger partial charge < -0.3 is 0 Å². The van der Waals surface area contributed by atoms with Gasteiger partial charge in [-0.3, -0.25) is 0 Å². The molecule has 0 bridgehead atoms. The first-order chi connectivity index (χ1) is 4.77. The van der Waals surface area contributed by atoms with Crippen molar-refractivity contribution in [3.63, 3.8) is 0 Å². The summed E-state index contributed by atoms with van der Waals surface area (Å²) in [5, 5.41) is 1.22. The highest BCUT2D eigenvalue weighted by Gasteiger charge is 2.02. The summed E-state index contributed by atoms with van der Waals surface area (Å²) in [6.45, 7) is 4.17. The zero-order valence-corrected chi connectivity index (χ0v) is 7.93. The van der Waals surface area contributed by atoms with E-state index in [9.17, 15) is 0 Å². The molecule has 0 radical (unpaired) electrons. The van der Waals surface area contributed by atoms with Gasteiger partial charge in [-0.25, -0.2) is 4.98 Å². The molecule has 0 unspecified atom stereocenters. The second-order valence-corrected chi connectivity index (χ2v) is 3.61. The largest absolute Gasteiger partial charge is 0.246 e. The van der Waals surface area contributed by atoms with Crippen molar-refractivity contribution in [3.8, 4) is 0 Å². The number of thiazole rings is 1. The van der Waals surface area contributed by atoms with E-state index in [1.807, 2.05) is 6.92 Å². The summed E-state index contributed by atoms with van der Waals surface area (Å²) in [5.41, 5.74) is 1.15. The molecular formula is C7H11NS2. The Labute approximate surface area is 70.9 Å². The van der Waals surface area contributed by atoms with Crippen LogP contribution in [-0.2, 0) is 12.2 Å². The summed E-state index contributed by atoms with van der Waals surface area (Å²) >= 11 is 5.97. The second kappa shape index (κ2) is 3.39. The highest BCUT2D eigenvalue weighted by molar-refractivity contribution is 7.79. The van der Waals surface area contributed by atoms with E-state index in [0.717, 1.165) is 17.9 Å². The van der Waals surface area contributed by atoms with Gasteiger partial charge in [-0.2, -0.15) is 12.6 Å². The van der Waals surface area contributed by atoms with Gasteiger partial charge in [0.15, 0.2) is 0 Å². The molecule has 0 saturated heterocycles. The number of thiol groups is 1. The predicted molar refractivity (Wildman–Crippen MR) is 48.9 cm³/mol. The molecule has 10 heavy (non-hydrogen) atoms. The van der Waals surface area contributed by atoms with Crippen molar-refractivity contribution < 1.29 is 0 Å². The first-order valence-electron chi connectivity index (χ1n) is 3.34. The lowest BCUT2D eigenvalue weighted by Crippen LogP contribution is -1.78. The van der Waals surface area contributed by atoms with Crippen molar-refractivity contribution in [1.29, 1.82) is 0 Å². The van der Waals surface area contributed by atoms with E-state index >= 15 is 0 Å². The maximum absolute atomic E-state index is 4.37. The lowest BCUT2D eigenvalue weighted by molar-refractivity contribution is 1.06. The standard InChI is InChI=1S/C7H11NS2/c1-3-7-8-5(2)6(4-9)10-7/h9H,3-4H2,1-2H3. The van der Waals surface area contributed by atoms with Gasteiger partial charge in [0.1, 0.15) is 0 Å². The molecule has 0 amide bonds. The topological polar surface area (TPSA) is 12.9 Å². The highest BCUT2D eigenvalue weighted by atomic mass is 32.1. The van der Waals surface area contributed by atoms with Crippen LogP contribution in [0, 0.1) is 6.92 Å². The van der Waals surface area contributed by atoms with Crippen LogP contribution < -0.4 is 0 Å². The third-order valence-electron chi connectivity index (χ3n) is 1.38. The zero-order chi connectivity index (χ0) is 7.56. The number of nitrogens with zero attached hydrogens (tertiary/aromatic N) is 1. The minimum Gasteiger partial charge on any atom is -0.246 e. The van der Waals surface area contributed by atoms with Crippen LogP contribution in [-0.4, -0.2) is 4.98 Å². The van der Waals surface area contributed by atoms with Gasteiger partial charge >= 0.3 is 0 Å². The third-order valence-corrected chi connectivity index (χ3v) is 3.21. The molecule has 0 saturated carbocycles. The molecule has 0 spiro atoms. The van der Waals surface area contributed by atoms with Crippen LogP contribution >= 0.6 is 24.0 Å². The van der Waals surface area contributed by atoms with Gasteiger partial charge in [-0.05, 0) is 13.3 Å². The highest BCUT2D eigenvalue weighted by Crippen LogP contribution is 2.19. The molecule has 0 N–H and O–H groups in total. The van der Waals surface area contributed by atoms with Crippen molar-refractivity contribution in [2.45, 2.75) is 26.0 Å². The number of aryl methyl sites for hydroxylation is 2. The Morgan fingerprint density at radius 1 is 1.60 bits per heavy atom. The van der Waals surface area contributed by atoms with E-state index in [1.54, 1.807) is 11.3 Å². The maximum atomic E-state index is 4.37. The van der Waals surface area contributed by atoms with Gasteiger partial charge in [-0.1, -0.05) is 6.92 Å². The monoisotopic (exact) mass is 173 g/mol. The maximum Gasteiger partial charge on any atom is 0.0928 e. The Morgan fingerprint density at radius 2 is 2.30 bits per heavy atom. The first-order valence-corrected chi connectivity index (χ1v) is 4.78. The minimum atomic E-state index is 0.823. The average Bonchev–Trinajstić information content (AvgIpc) is 2.30. The lowest BCUT2D eigenvalue weighted by Gasteiger charge is -1.85. The van der Waals surface area contributed by atoms with Crippen LogP contribution in [0.25, 0.3) is 0 Å². The van der Waals surface area contributed by atoms with Crippen molar-refractivity contribution in [1.82, 2.24) is 4.98 Å². The van der Waals surface area contributed by atoms with Crippen LogP contribution in [0.5, 0.6) is 0 Å². The minimum absolute atomic E-state index is 0.823. The van der Waals surface area contributed by atoms with E-state index < -0.39 is 0 Å². The molecule has 56 valence electrons. The van der Waals surface area contributed by atoms with Crippen LogP contribution in [0.3, 0.4) is 0 Å². The summed E-state index contributed by atoms with van der Waals surface area (Å²) in [5.74, 6) is 0.823. The molecule has 0 aliphatic carbocycles. The number of aromatic nitrogens is 1. The molecule has 1 aromatic heterocycles. The van der Waals surface area contributed by atoms with Gasteiger partial charge in [0.2, 0.25) is 0 Å². The number of hydrogen-bond acceptors (Lipinski definition) is 3. The van der Waals surface area contributed by atoms with E-state index in [1.165, 1.54) is 9.88 Å². The Bertz CT molecular complexity index is 217. The fourth-order valence-corrected chi connectivity index (χ4v) is 2.08. The Hall–Kier alpha value is -0.0200. The van der Waals surface area contributed by atoms with Crippen molar-refractivity contribution in [2.24, 2.45) is 0 Å². The predicted octanol–water partition coefficient (Wildman–Crippen LogP) is 2.44. The Kier molecular flexibility index (Phi) is 2.74. The molecule has 0 aromatic carbocycles. The van der Waals surface area contributed by atoms with Gasteiger partial charge in [0.25, 0.3) is 0 Å². The molecule has 0 fully saturated rings. The normalized spacial score (nSPS) is 10.3. The molecule has 1 aromatic rings. The SMILES string of the molecule is CCc1nc(C)c(CS)s1. The fraction of sp³-hybridized carbons (Fsp3) is 0.571. The average molecular weight is 173 g/mol. The fourth-order valence-electron chi connectivity index (χ4n) is 0.786. The van der Waals surface area contributed by atoms with Crippen molar-refractivity contribution in [2.75, 3.05) is 0 Å². The third kappa shape index (κ3) is 1.52. The molecule has 1 rings (SSSR count). The van der Waals surface area contributed by atoms with Gasteiger partial charge in [0.05, 0.1) is 10.7 Å². The van der Waals surface area contributed by atoms with E-state index in [4.69, 9.17) is 0 Å². The molecule has 1 nitrogen and oxygen atoms in total. The lowest BCUT2D eigenvalue weighted by atomic mass is 10.4. The zero-order valence-electron chi connectivity index (χ0n) is 6.22.